The largest absolute Gasteiger partial charge is 0.255 e. The summed E-state index contributed by atoms with van der Waals surface area (Å²) >= 11 is 0. The summed E-state index contributed by atoms with van der Waals surface area (Å²) in [5, 5.41) is 20.4. The molecule has 0 aliphatic rings. The van der Waals surface area contributed by atoms with Crippen LogP contribution in [-0.4, -0.2) is 9.97 Å². The number of pyridine rings is 2. The molecule has 0 radical (unpaired) electrons. The predicted octanol–water partition coefficient (Wildman–Crippen LogP) is 1.92. The van der Waals surface area contributed by atoms with E-state index in [1.807, 2.05) is 48.5 Å². The van der Waals surface area contributed by atoms with E-state index in [4.69, 9.17) is 0 Å². The summed E-state index contributed by atoms with van der Waals surface area (Å²) in [7, 11) is 0. The zero-order valence-electron chi connectivity index (χ0n) is 12.7. The lowest BCUT2D eigenvalue weighted by Gasteiger charge is -1.99. The Bertz CT molecular complexity index is 945. The molecule has 0 bridgehead atoms. The molecule has 0 saturated carbocycles. The van der Waals surface area contributed by atoms with Crippen molar-refractivity contribution in [3.8, 4) is 12.1 Å². The number of rotatable bonds is 2. The zero-order chi connectivity index (χ0) is 16.8. The summed E-state index contributed by atoms with van der Waals surface area (Å²) in [5.74, 6) is 0. The summed E-state index contributed by atoms with van der Waals surface area (Å²) in [5.41, 5.74) is 2.25. The standard InChI is InChI=1S/C20H12N4/c21-13-17(19-5-1-3-11-23-19)15-7-9-16(10-8-15)18(14-22)20-6-2-4-12-24-20/h1-12H. The first-order chi connectivity index (χ1) is 11.8. The van der Waals surface area contributed by atoms with Gasteiger partial charge in [0.05, 0.1) is 22.5 Å². The van der Waals surface area contributed by atoms with Crippen molar-refractivity contribution < 1.29 is 0 Å². The molecule has 0 amide bonds. The Kier molecular flexibility index (Phi) is 4.42. The highest BCUT2D eigenvalue weighted by Crippen LogP contribution is 2.07. The van der Waals surface area contributed by atoms with Gasteiger partial charge in [0, 0.05) is 12.4 Å². The first-order valence-corrected chi connectivity index (χ1v) is 7.31. The van der Waals surface area contributed by atoms with Gasteiger partial charge in [0.25, 0.3) is 0 Å². The summed E-state index contributed by atoms with van der Waals surface area (Å²) < 4.78 is 0. The van der Waals surface area contributed by atoms with Crippen molar-refractivity contribution in [1.29, 1.82) is 10.5 Å². The molecule has 24 heavy (non-hydrogen) atoms. The fraction of sp³-hybridized carbons (Fsp3) is 0. The Morgan fingerprint density at radius 2 is 1.04 bits per heavy atom. The van der Waals surface area contributed by atoms with Gasteiger partial charge in [-0.3, -0.25) is 9.97 Å². The van der Waals surface area contributed by atoms with Gasteiger partial charge in [-0.25, -0.2) is 0 Å². The van der Waals surface area contributed by atoms with E-state index in [9.17, 15) is 10.5 Å². The number of nitriles is 2. The second kappa shape index (κ2) is 7.00. The Balaban J connectivity index is 2.18. The van der Waals surface area contributed by atoms with E-state index in [1.165, 1.54) is 0 Å². The highest BCUT2D eigenvalue weighted by molar-refractivity contribution is 5.75. The fourth-order valence-corrected chi connectivity index (χ4v) is 2.36. The Morgan fingerprint density at radius 3 is 1.33 bits per heavy atom. The van der Waals surface area contributed by atoms with E-state index in [-0.39, 0.29) is 0 Å². The second-order valence-electron chi connectivity index (χ2n) is 4.98. The highest BCUT2D eigenvalue weighted by Gasteiger charge is 2.04. The lowest BCUT2D eigenvalue weighted by molar-refractivity contribution is 1.26. The van der Waals surface area contributed by atoms with Crippen molar-refractivity contribution >= 4 is 11.1 Å². The van der Waals surface area contributed by atoms with Gasteiger partial charge in [-0.1, -0.05) is 36.4 Å². The fourth-order valence-electron chi connectivity index (χ4n) is 2.36. The molecule has 1 aromatic carbocycles. The second-order valence-corrected chi connectivity index (χ2v) is 4.98. The monoisotopic (exact) mass is 308 g/mol. The highest BCUT2D eigenvalue weighted by atomic mass is 14.7. The van der Waals surface area contributed by atoms with Crippen LogP contribution in [0.5, 0.6) is 0 Å². The van der Waals surface area contributed by atoms with E-state index in [2.05, 4.69) is 22.1 Å². The van der Waals surface area contributed by atoms with Crippen LogP contribution in [0.3, 0.4) is 0 Å². The summed E-state index contributed by atoms with van der Waals surface area (Å²) in [6.07, 6.45) is 3.31. The smallest absolute Gasteiger partial charge is 0.102 e. The van der Waals surface area contributed by atoms with Crippen LogP contribution in [0.25, 0.3) is 11.1 Å². The van der Waals surface area contributed by atoms with Crippen LogP contribution in [0.15, 0.2) is 73.1 Å². The van der Waals surface area contributed by atoms with Gasteiger partial charge in [-0.15, -0.1) is 0 Å². The van der Waals surface area contributed by atoms with Crippen LogP contribution >= 0.6 is 0 Å². The maximum absolute atomic E-state index is 9.44. The molecule has 2 heterocycles. The van der Waals surface area contributed by atoms with Crippen LogP contribution in [0.4, 0.5) is 0 Å². The van der Waals surface area contributed by atoms with Crippen molar-refractivity contribution in [2.24, 2.45) is 0 Å². The number of nitrogens with zero attached hydrogens (tertiary/aromatic N) is 4. The topological polar surface area (TPSA) is 73.4 Å². The lowest BCUT2D eigenvalue weighted by atomic mass is 10.1. The van der Waals surface area contributed by atoms with Crippen LogP contribution in [0.1, 0.15) is 11.4 Å². The SMILES string of the molecule is N#CC(c1ccccn1)=c1ccc(=C(C#N)c2ccccn2)cc1. The molecule has 0 N–H and O–H groups in total. The van der Waals surface area contributed by atoms with Gasteiger partial charge < -0.3 is 0 Å². The van der Waals surface area contributed by atoms with Crippen molar-refractivity contribution in [3.63, 3.8) is 0 Å². The molecule has 0 aliphatic carbocycles. The molecular formula is C20H12N4. The average Bonchev–Trinajstić information content (AvgIpc) is 2.66. The molecular weight excluding hydrogens is 296 g/mol. The molecule has 0 atom stereocenters. The molecule has 0 saturated heterocycles. The van der Waals surface area contributed by atoms with Crippen LogP contribution < -0.4 is 10.4 Å². The van der Waals surface area contributed by atoms with Crippen molar-refractivity contribution in [2.45, 2.75) is 0 Å². The average molecular weight is 308 g/mol. The van der Waals surface area contributed by atoms with Gasteiger partial charge in [0.15, 0.2) is 0 Å². The minimum atomic E-state index is 0.499. The van der Waals surface area contributed by atoms with Gasteiger partial charge >= 0.3 is 0 Å². The normalized spacial score (nSPS) is 9.58. The number of aromatic nitrogens is 2. The molecule has 4 heteroatoms. The van der Waals surface area contributed by atoms with E-state index in [1.54, 1.807) is 24.5 Å². The molecule has 4 nitrogen and oxygen atoms in total. The van der Waals surface area contributed by atoms with Crippen molar-refractivity contribution in [3.05, 3.63) is 94.9 Å². The lowest BCUT2D eigenvalue weighted by Crippen LogP contribution is -2.13. The molecule has 3 aromatic rings. The third-order valence-electron chi connectivity index (χ3n) is 3.53. The number of hydrogen-bond acceptors (Lipinski definition) is 4. The van der Waals surface area contributed by atoms with Crippen molar-refractivity contribution in [2.75, 3.05) is 0 Å². The maximum atomic E-state index is 9.44. The zero-order valence-corrected chi connectivity index (χ0v) is 12.7. The number of benzene rings is 1. The molecule has 0 fully saturated rings. The van der Waals surface area contributed by atoms with Crippen LogP contribution in [-0.2, 0) is 0 Å². The molecule has 3 rings (SSSR count). The van der Waals surface area contributed by atoms with Gasteiger partial charge in [-0.2, -0.15) is 10.5 Å². The van der Waals surface area contributed by atoms with Crippen molar-refractivity contribution in [1.82, 2.24) is 9.97 Å². The quantitative estimate of drug-likeness (QED) is 0.725. The first-order valence-electron chi connectivity index (χ1n) is 7.31. The van der Waals surface area contributed by atoms with E-state index in [0.29, 0.717) is 22.5 Å². The Hall–Kier alpha value is -3.76. The first kappa shape index (κ1) is 15.1. The molecule has 2 aromatic heterocycles. The number of hydrogen-bond donors (Lipinski definition) is 0. The van der Waals surface area contributed by atoms with Gasteiger partial charge in [0.2, 0.25) is 0 Å². The minimum absolute atomic E-state index is 0.499. The van der Waals surface area contributed by atoms with Gasteiger partial charge in [-0.05, 0) is 34.7 Å². The van der Waals surface area contributed by atoms with E-state index < -0.39 is 0 Å². The van der Waals surface area contributed by atoms with Crippen LogP contribution in [0.2, 0.25) is 0 Å². The Labute approximate surface area is 139 Å². The van der Waals surface area contributed by atoms with E-state index >= 15 is 0 Å². The third kappa shape index (κ3) is 3.04. The molecule has 0 unspecified atom stereocenters. The third-order valence-corrected chi connectivity index (χ3v) is 3.53. The molecule has 112 valence electrons. The Morgan fingerprint density at radius 1 is 0.625 bits per heavy atom. The summed E-state index contributed by atoms with van der Waals surface area (Å²) in [6, 6.07) is 22.6. The molecule has 0 spiro atoms. The summed E-state index contributed by atoms with van der Waals surface area (Å²) in [4.78, 5) is 8.44. The minimum Gasteiger partial charge on any atom is -0.255 e. The van der Waals surface area contributed by atoms with E-state index in [0.717, 1.165) is 10.4 Å². The summed E-state index contributed by atoms with van der Waals surface area (Å²) in [6.45, 7) is 0. The van der Waals surface area contributed by atoms with Gasteiger partial charge in [0.1, 0.15) is 12.1 Å². The maximum Gasteiger partial charge on any atom is 0.102 e. The van der Waals surface area contributed by atoms with Crippen LogP contribution in [0, 0.1) is 22.7 Å². The molecule has 0 aliphatic heterocycles. The predicted molar refractivity (Wildman–Crippen MR) is 90.4 cm³/mol.